The molecule has 12 N–H and O–H groups in total. The van der Waals surface area contributed by atoms with Gasteiger partial charge in [-0.05, 0) is 171 Å². The second kappa shape index (κ2) is 22.2. The molecule has 7 fully saturated rings. The quantitative estimate of drug-likeness (QED) is 0.0356. The summed E-state index contributed by atoms with van der Waals surface area (Å²) in [7, 11) is 3.10. The summed E-state index contributed by atoms with van der Waals surface area (Å²) in [5.41, 5.74) is 10.4. The van der Waals surface area contributed by atoms with Crippen LogP contribution < -0.4 is 16.8 Å². The number of aliphatic hydroxyl groups is 5. The summed E-state index contributed by atoms with van der Waals surface area (Å²) in [6.45, 7) is 8.55. The highest BCUT2D eigenvalue weighted by atomic mass is 33.1. The summed E-state index contributed by atoms with van der Waals surface area (Å²) in [6.07, 6.45) is 9.92. The molecule has 23 unspecified atom stereocenters. The molecule has 17 heteroatoms. The number of aliphatic imine (C=N–C) groups is 1. The number of benzene rings is 1. The molecule has 4 bridgehead atoms. The number of Topliss-reactive ketones (excluding diaryl/α,β-unsaturated/α-hetero) is 2. The van der Waals surface area contributed by atoms with Gasteiger partial charge in [0.25, 0.3) is 0 Å². The van der Waals surface area contributed by atoms with Gasteiger partial charge in [-0.15, -0.1) is 5.92 Å². The highest BCUT2D eigenvalue weighted by molar-refractivity contribution is 8.76. The van der Waals surface area contributed by atoms with Gasteiger partial charge in [-0.1, -0.05) is 72.1 Å². The molecule has 1 aromatic carbocycles. The minimum absolute atomic E-state index is 0.0486. The Morgan fingerprint density at radius 2 is 1.66 bits per heavy atom. The first-order chi connectivity index (χ1) is 39.2. The second-order valence-electron chi connectivity index (χ2n) is 27.9. The number of H-pyrrole nitrogens is 1. The predicted octanol–water partition coefficient (Wildman–Crippen LogP) is 7.13. The number of carbonyl (C=O) groups excluding carboxylic acids is 3. The highest BCUT2D eigenvalue weighted by Crippen LogP contribution is 2.77. The van der Waals surface area contributed by atoms with Gasteiger partial charge in [0.2, 0.25) is 0 Å². The van der Waals surface area contributed by atoms with Crippen LogP contribution in [0.5, 0.6) is 5.75 Å². The number of nitrogens with zero attached hydrogens (tertiary/aromatic N) is 1. The Labute approximate surface area is 490 Å². The monoisotopic (exact) mass is 1160 g/mol. The highest BCUT2D eigenvalue weighted by Gasteiger charge is 2.79. The average molecular weight is 1160 g/mol. The fraction of sp³-hybridized carbons (Fsp3) is 0.692. The van der Waals surface area contributed by atoms with Crippen LogP contribution >= 0.6 is 21.6 Å². The Bertz CT molecular complexity index is 2930. The first kappa shape index (κ1) is 58.1. The summed E-state index contributed by atoms with van der Waals surface area (Å²) in [6, 6.07) is 8.84. The molecule has 82 heavy (non-hydrogen) atoms. The zero-order chi connectivity index (χ0) is 57.8. The molecule has 5 saturated carbocycles. The number of allylic oxidation sites excluding steroid dienone is 3. The number of fused-ring (bicyclic) bond motifs is 10. The van der Waals surface area contributed by atoms with Crippen LogP contribution in [-0.2, 0) is 19.1 Å². The van der Waals surface area contributed by atoms with Crippen molar-refractivity contribution >= 4 is 45.1 Å². The molecule has 8 aliphatic carbocycles. The minimum atomic E-state index is -1.86. The molecule has 10 aliphatic rings. The number of aliphatic hydroxyl groups excluding tert-OH is 3. The zero-order valence-electron chi connectivity index (χ0n) is 48.1. The fourth-order valence-electron chi connectivity index (χ4n) is 20.1. The van der Waals surface area contributed by atoms with Gasteiger partial charge >= 0.3 is 5.97 Å². The number of esters is 1. The number of ether oxygens (including phenoxy) is 1. The van der Waals surface area contributed by atoms with E-state index in [9.17, 15) is 40.2 Å². The maximum atomic E-state index is 16.2. The van der Waals surface area contributed by atoms with Gasteiger partial charge in [0.1, 0.15) is 5.75 Å². The SMILES string of the molecule is CC1CCC2=CCC3C(C)CC(O)C(C)(O)C4C(CC#CC(C5COC(=O)C5c5cc[nH]c5)CC3C2C1)CC1(O)C2=C3NCC(=O)CC(c5ccc(O)cc5)CSSCC5C(O)C(O)CC(C)(C2C2CCC(CN=C(N)N)C41C2)C5C3=O. The predicted molar refractivity (Wildman–Crippen MR) is 316 cm³/mol. The maximum Gasteiger partial charge on any atom is 0.313 e. The van der Waals surface area contributed by atoms with E-state index < -0.39 is 81.8 Å². The third-order valence-corrected chi connectivity index (χ3v) is 26.1. The van der Waals surface area contributed by atoms with Gasteiger partial charge in [0, 0.05) is 84.2 Å². The van der Waals surface area contributed by atoms with E-state index in [1.54, 1.807) is 29.9 Å². The number of guanidine groups is 1. The van der Waals surface area contributed by atoms with E-state index in [1.807, 2.05) is 30.6 Å². The molecular formula is C65H87N5O10S2. The van der Waals surface area contributed by atoms with Gasteiger partial charge in [0.05, 0.1) is 54.3 Å². The van der Waals surface area contributed by atoms with Gasteiger partial charge in [-0.25, -0.2) is 0 Å². The van der Waals surface area contributed by atoms with Crippen LogP contribution in [0.4, 0.5) is 0 Å². The molecule has 1 aromatic heterocycles. The van der Waals surface area contributed by atoms with Crippen LogP contribution in [0.1, 0.15) is 134 Å². The lowest BCUT2D eigenvalue weighted by atomic mass is 9.37. The Morgan fingerprint density at radius 1 is 0.878 bits per heavy atom. The van der Waals surface area contributed by atoms with E-state index >= 15 is 4.79 Å². The number of aromatic nitrogens is 1. The number of cyclic esters (lactones) is 1. The topological polar surface area (TPSA) is 274 Å². The van der Waals surface area contributed by atoms with Gasteiger partial charge in [0.15, 0.2) is 17.5 Å². The Balaban J connectivity index is 1.03. The largest absolute Gasteiger partial charge is 0.508 e. The van der Waals surface area contributed by atoms with E-state index in [1.165, 1.54) is 16.4 Å². The van der Waals surface area contributed by atoms with E-state index in [-0.39, 0.29) is 122 Å². The lowest BCUT2D eigenvalue weighted by Gasteiger charge is -2.68. The van der Waals surface area contributed by atoms with Crippen LogP contribution in [-0.4, -0.2) is 120 Å². The number of phenols is 1. The third kappa shape index (κ3) is 9.61. The summed E-state index contributed by atoms with van der Waals surface area (Å²) in [5.74, 6) is 3.85. The number of hydrogen-bond donors (Lipinski definition) is 10. The number of carbonyl (C=O) groups is 3. The molecule has 2 aromatic rings. The van der Waals surface area contributed by atoms with Crippen molar-refractivity contribution in [1.82, 2.24) is 10.3 Å². The van der Waals surface area contributed by atoms with Crippen molar-refractivity contribution in [3.63, 3.8) is 0 Å². The normalized spacial score (nSPS) is 45.7. The number of aromatic hydroxyl groups is 1. The number of ketones is 2. The van der Waals surface area contributed by atoms with Crippen LogP contribution in [0.25, 0.3) is 0 Å². The van der Waals surface area contributed by atoms with Gasteiger partial charge < -0.3 is 57.1 Å². The van der Waals surface area contributed by atoms with E-state index in [0.717, 1.165) is 43.2 Å². The molecule has 15 nitrogen and oxygen atoms in total. The van der Waals surface area contributed by atoms with Crippen molar-refractivity contribution < 1.29 is 49.8 Å². The molecule has 1 spiro atoms. The number of nitrogens with one attached hydrogen (secondary N) is 2. The molecule has 23 atom stereocenters. The summed E-state index contributed by atoms with van der Waals surface area (Å²) >= 11 is 0. The van der Waals surface area contributed by atoms with Crippen LogP contribution in [0.3, 0.4) is 0 Å². The fourth-order valence-corrected chi connectivity index (χ4v) is 22.9. The van der Waals surface area contributed by atoms with Crippen molar-refractivity contribution in [1.29, 1.82) is 0 Å². The van der Waals surface area contributed by atoms with Crippen LogP contribution in [0.2, 0.25) is 0 Å². The first-order valence-corrected chi connectivity index (χ1v) is 33.2. The Kier molecular flexibility index (Phi) is 15.7. The summed E-state index contributed by atoms with van der Waals surface area (Å²) in [4.78, 5) is 52.5. The maximum absolute atomic E-state index is 16.2. The molecule has 0 radical (unpaired) electrons. The summed E-state index contributed by atoms with van der Waals surface area (Å²) < 4.78 is 5.98. The molecule has 0 amide bonds. The van der Waals surface area contributed by atoms with Crippen molar-refractivity contribution in [2.24, 2.45) is 110 Å². The molecular weight excluding hydrogens is 1070 g/mol. The van der Waals surface area contributed by atoms with Crippen LogP contribution in [0, 0.1) is 106 Å². The first-order valence-electron chi connectivity index (χ1n) is 30.7. The van der Waals surface area contributed by atoms with Crippen molar-refractivity contribution in [2.45, 2.75) is 153 Å². The third-order valence-electron chi connectivity index (χ3n) is 23.5. The Morgan fingerprint density at radius 3 is 2.41 bits per heavy atom. The number of rotatable bonds is 5. The smallest absolute Gasteiger partial charge is 0.313 e. The Hall–Kier alpha value is -4.28. The molecule has 2 saturated heterocycles. The molecule has 2 aliphatic heterocycles. The summed E-state index contributed by atoms with van der Waals surface area (Å²) in [5, 5.41) is 80.0. The zero-order valence-corrected chi connectivity index (χ0v) is 49.7. The second-order valence-corrected chi connectivity index (χ2v) is 30.5. The average Bonchev–Trinajstić information content (AvgIpc) is 2.31. The van der Waals surface area contributed by atoms with Crippen molar-refractivity contribution in [3.05, 3.63) is 76.8 Å². The number of hydrogen-bond acceptors (Lipinski definition) is 14. The molecule has 12 rings (SSSR count). The lowest BCUT2D eigenvalue weighted by molar-refractivity contribution is -0.230. The van der Waals surface area contributed by atoms with Crippen LogP contribution in [0.15, 0.2) is 70.6 Å². The standard InChI is InChI=1S/C65H87N5O10S2/c1-33-8-9-36-13-17-45-34(2)21-51(74)63(4,78)59-39(7-5-6-37(23-47(45)46(36)20-33)48-30-80-60(77)52(48)40-18-19-68-27-40)25-65(79)55-53(38-10-14-42(28-70-61(66)67)64(59,65)24-38)62(3)26-50(73)57(75)49-32-82-81-31-41(35-11-15-43(71)16-12-35)22-44(72)29-69-56(55)58(76)54(49)62/h11-13,15-16,18-19,27,33-34,37-39,41-42,45-54,57,59,68-69,71,73-75,78-79H,7-10,14,17,20-26,28-32H2,1-4H3,(H4,66,67,70). The lowest BCUT2D eigenvalue weighted by Crippen LogP contribution is -2.71. The van der Waals surface area contributed by atoms with Gasteiger partial charge in [-0.2, -0.15) is 0 Å². The molecule has 444 valence electrons. The number of nitrogens with two attached hydrogens (primary N) is 2. The number of phenolic OH excluding ortho intramolecular Hbond substituents is 1. The minimum Gasteiger partial charge on any atom is -0.508 e. The van der Waals surface area contributed by atoms with Gasteiger partial charge in [-0.3, -0.25) is 19.4 Å². The van der Waals surface area contributed by atoms with E-state index in [0.29, 0.717) is 54.6 Å². The number of aromatic amines is 1. The van der Waals surface area contributed by atoms with E-state index in [2.05, 4.69) is 49.0 Å². The van der Waals surface area contributed by atoms with Crippen molar-refractivity contribution in [2.75, 3.05) is 31.2 Å². The molecule has 3 heterocycles. The van der Waals surface area contributed by atoms with Crippen molar-refractivity contribution in [3.8, 4) is 17.6 Å². The van der Waals surface area contributed by atoms with E-state index in [4.69, 9.17) is 21.2 Å².